The van der Waals surface area contributed by atoms with Crippen LogP contribution in [-0.2, 0) is 4.79 Å². The summed E-state index contributed by atoms with van der Waals surface area (Å²) in [7, 11) is 1.65. The molecule has 2 aliphatic rings. The van der Waals surface area contributed by atoms with E-state index in [0.717, 1.165) is 49.1 Å². The van der Waals surface area contributed by atoms with Crippen LogP contribution in [0.15, 0.2) is 54.6 Å². The van der Waals surface area contributed by atoms with Crippen molar-refractivity contribution < 1.29 is 14.3 Å². The van der Waals surface area contributed by atoms with E-state index in [2.05, 4.69) is 5.32 Å². The first-order valence-electron chi connectivity index (χ1n) is 10.2. The number of hydrogen-bond acceptors (Lipinski definition) is 3. The average molecular weight is 390 g/mol. The van der Waals surface area contributed by atoms with Gasteiger partial charge in [0.15, 0.2) is 0 Å². The Labute approximate surface area is 171 Å². The van der Waals surface area contributed by atoms with Crippen LogP contribution in [0, 0.1) is 0 Å². The van der Waals surface area contributed by atoms with E-state index < -0.39 is 0 Å². The van der Waals surface area contributed by atoms with Crippen molar-refractivity contribution in [3.8, 4) is 5.75 Å². The van der Waals surface area contributed by atoms with Gasteiger partial charge in [-0.3, -0.25) is 9.59 Å². The van der Waals surface area contributed by atoms with Gasteiger partial charge in [0.25, 0.3) is 5.91 Å². The summed E-state index contributed by atoms with van der Waals surface area (Å²) in [5, 5.41) is 2.98. The molecular formula is C24H26N2O3. The molecule has 1 aliphatic carbocycles. The standard InChI is InChI=1S/C24H26N2O3/c1-29-21-13-9-18(10-14-21)22-3-2-16-26(22)23(27)15-6-17-4-7-19(8-5-17)24(28)25-20-11-12-20/h4-10,13-15,20,22H,2-3,11-12,16H2,1H3,(H,25,28)/b15-6+. The lowest BCUT2D eigenvalue weighted by Crippen LogP contribution is -2.28. The van der Waals surface area contributed by atoms with E-state index in [1.165, 1.54) is 0 Å². The molecule has 29 heavy (non-hydrogen) atoms. The number of nitrogens with zero attached hydrogens (tertiary/aromatic N) is 1. The first-order chi connectivity index (χ1) is 14.1. The summed E-state index contributed by atoms with van der Waals surface area (Å²) in [6.07, 6.45) is 7.55. The maximum Gasteiger partial charge on any atom is 0.251 e. The molecule has 1 saturated carbocycles. The Balaban J connectivity index is 1.39. The molecule has 4 rings (SSSR count). The Bertz CT molecular complexity index is 899. The van der Waals surface area contributed by atoms with Crippen molar-refractivity contribution in [3.05, 3.63) is 71.3 Å². The number of carbonyl (C=O) groups excluding carboxylic acids is 2. The van der Waals surface area contributed by atoms with Crippen molar-refractivity contribution in [1.29, 1.82) is 0 Å². The molecule has 1 unspecified atom stereocenters. The Morgan fingerprint density at radius 2 is 1.76 bits per heavy atom. The van der Waals surface area contributed by atoms with Crippen molar-refractivity contribution >= 4 is 17.9 Å². The molecular weight excluding hydrogens is 364 g/mol. The fraction of sp³-hybridized carbons (Fsp3) is 0.333. The van der Waals surface area contributed by atoms with Crippen molar-refractivity contribution in [1.82, 2.24) is 10.2 Å². The van der Waals surface area contributed by atoms with Gasteiger partial charge in [-0.15, -0.1) is 0 Å². The van der Waals surface area contributed by atoms with Gasteiger partial charge < -0.3 is 15.0 Å². The summed E-state index contributed by atoms with van der Waals surface area (Å²) in [4.78, 5) is 26.8. The third-order valence-electron chi connectivity index (χ3n) is 5.54. The lowest BCUT2D eigenvalue weighted by atomic mass is 10.0. The number of benzene rings is 2. The van der Waals surface area contributed by atoms with Crippen LogP contribution < -0.4 is 10.1 Å². The highest BCUT2D eigenvalue weighted by Gasteiger charge is 2.28. The maximum absolute atomic E-state index is 12.8. The highest BCUT2D eigenvalue weighted by molar-refractivity contribution is 5.95. The number of ether oxygens (including phenoxy) is 1. The van der Waals surface area contributed by atoms with Gasteiger partial charge in [-0.25, -0.2) is 0 Å². The number of likely N-dealkylation sites (tertiary alicyclic amines) is 1. The minimum atomic E-state index is -0.0292. The predicted molar refractivity (Wildman–Crippen MR) is 113 cm³/mol. The molecule has 0 bridgehead atoms. The summed E-state index contributed by atoms with van der Waals surface area (Å²) < 4.78 is 5.22. The smallest absolute Gasteiger partial charge is 0.251 e. The van der Waals surface area contributed by atoms with Gasteiger partial charge in [0.05, 0.1) is 13.2 Å². The zero-order valence-electron chi connectivity index (χ0n) is 16.6. The molecule has 2 aromatic rings. The van der Waals surface area contributed by atoms with Gasteiger partial charge in [0.2, 0.25) is 5.91 Å². The van der Waals surface area contributed by atoms with Gasteiger partial charge in [-0.05, 0) is 67.2 Å². The first-order valence-corrected chi connectivity index (χ1v) is 10.2. The molecule has 1 aliphatic heterocycles. The van der Waals surface area contributed by atoms with E-state index in [0.29, 0.717) is 11.6 Å². The highest BCUT2D eigenvalue weighted by Crippen LogP contribution is 2.33. The second-order valence-electron chi connectivity index (χ2n) is 7.67. The van der Waals surface area contributed by atoms with Crippen LogP contribution in [0.1, 0.15) is 53.2 Å². The molecule has 1 N–H and O–H groups in total. The maximum atomic E-state index is 12.8. The summed E-state index contributed by atoms with van der Waals surface area (Å²) in [6, 6.07) is 15.7. The van der Waals surface area contributed by atoms with Crippen LogP contribution in [0.5, 0.6) is 5.75 Å². The topological polar surface area (TPSA) is 58.6 Å². The summed E-state index contributed by atoms with van der Waals surface area (Å²) in [5.41, 5.74) is 2.69. The van der Waals surface area contributed by atoms with Crippen LogP contribution in [0.3, 0.4) is 0 Å². The summed E-state index contributed by atoms with van der Waals surface area (Å²) in [6.45, 7) is 0.764. The van der Waals surface area contributed by atoms with Gasteiger partial charge in [0, 0.05) is 24.2 Å². The highest BCUT2D eigenvalue weighted by atomic mass is 16.5. The van der Waals surface area contributed by atoms with Crippen LogP contribution in [0.2, 0.25) is 0 Å². The Kier molecular flexibility index (Phi) is 5.65. The monoisotopic (exact) mass is 390 g/mol. The second-order valence-corrected chi connectivity index (χ2v) is 7.67. The molecule has 0 spiro atoms. The van der Waals surface area contributed by atoms with E-state index in [1.807, 2.05) is 47.4 Å². The summed E-state index contributed by atoms with van der Waals surface area (Å²) >= 11 is 0. The largest absolute Gasteiger partial charge is 0.497 e. The molecule has 0 aromatic heterocycles. The van der Waals surface area contributed by atoms with Crippen molar-refractivity contribution in [3.63, 3.8) is 0 Å². The molecule has 0 radical (unpaired) electrons. The van der Waals surface area contributed by atoms with Crippen molar-refractivity contribution in [2.24, 2.45) is 0 Å². The molecule has 150 valence electrons. The zero-order valence-corrected chi connectivity index (χ0v) is 16.6. The third kappa shape index (κ3) is 4.67. The van der Waals surface area contributed by atoms with Gasteiger partial charge in [-0.2, -0.15) is 0 Å². The van der Waals surface area contributed by atoms with E-state index in [-0.39, 0.29) is 17.9 Å². The molecule has 1 heterocycles. The fourth-order valence-electron chi connectivity index (χ4n) is 3.71. The molecule has 5 nitrogen and oxygen atoms in total. The number of nitrogens with one attached hydrogen (secondary N) is 1. The van der Waals surface area contributed by atoms with Gasteiger partial charge in [-0.1, -0.05) is 24.3 Å². The minimum Gasteiger partial charge on any atom is -0.497 e. The first kappa shape index (κ1) is 19.2. The van der Waals surface area contributed by atoms with Crippen LogP contribution in [-0.4, -0.2) is 36.4 Å². The van der Waals surface area contributed by atoms with Crippen LogP contribution in [0.25, 0.3) is 6.08 Å². The fourth-order valence-corrected chi connectivity index (χ4v) is 3.71. The van der Waals surface area contributed by atoms with Gasteiger partial charge >= 0.3 is 0 Å². The molecule has 2 aromatic carbocycles. The average Bonchev–Trinajstić information content (AvgIpc) is 3.43. The SMILES string of the molecule is COc1ccc(C2CCCN2C(=O)/C=C/c2ccc(C(=O)NC3CC3)cc2)cc1. The normalized spacial score (nSPS) is 18.8. The zero-order chi connectivity index (χ0) is 20.2. The number of hydrogen-bond donors (Lipinski definition) is 1. The third-order valence-corrected chi connectivity index (χ3v) is 5.54. The van der Waals surface area contributed by atoms with E-state index in [9.17, 15) is 9.59 Å². The second kappa shape index (κ2) is 8.52. The minimum absolute atomic E-state index is 0.0128. The molecule has 2 amide bonds. The summed E-state index contributed by atoms with van der Waals surface area (Å²) in [5.74, 6) is 0.802. The molecule has 2 fully saturated rings. The molecule has 5 heteroatoms. The van der Waals surface area contributed by atoms with Crippen molar-refractivity contribution in [2.45, 2.75) is 37.8 Å². The number of rotatable bonds is 6. The molecule has 1 atom stereocenters. The molecule has 1 saturated heterocycles. The number of methoxy groups -OCH3 is 1. The Morgan fingerprint density at radius 3 is 2.41 bits per heavy atom. The van der Waals surface area contributed by atoms with E-state index in [1.54, 1.807) is 25.3 Å². The lowest BCUT2D eigenvalue weighted by molar-refractivity contribution is -0.126. The number of carbonyl (C=O) groups is 2. The quantitative estimate of drug-likeness (QED) is 0.760. The number of amides is 2. The van der Waals surface area contributed by atoms with Crippen LogP contribution in [0.4, 0.5) is 0 Å². The lowest BCUT2D eigenvalue weighted by Gasteiger charge is -2.24. The van der Waals surface area contributed by atoms with Crippen molar-refractivity contribution in [2.75, 3.05) is 13.7 Å². The predicted octanol–water partition coefficient (Wildman–Crippen LogP) is 3.96. The Hall–Kier alpha value is -3.08. The van der Waals surface area contributed by atoms with E-state index >= 15 is 0 Å². The van der Waals surface area contributed by atoms with Gasteiger partial charge in [0.1, 0.15) is 5.75 Å². The Morgan fingerprint density at radius 1 is 1.03 bits per heavy atom. The van der Waals surface area contributed by atoms with E-state index in [4.69, 9.17) is 4.74 Å². The van der Waals surface area contributed by atoms with Crippen LogP contribution >= 0.6 is 0 Å².